The van der Waals surface area contributed by atoms with Crippen LogP contribution in [-0.2, 0) is 6.42 Å². The summed E-state index contributed by atoms with van der Waals surface area (Å²) in [5, 5.41) is 0. The molecule has 0 saturated heterocycles. The first-order chi connectivity index (χ1) is 13.6. The van der Waals surface area contributed by atoms with E-state index < -0.39 is 11.6 Å². The summed E-state index contributed by atoms with van der Waals surface area (Å²) in [4.78, 5) is 13.0. The number of unbranched alkanes of at least 4 members (excludes halogenated alkanes) is 1. The number of rotatable bonds is 5. The smallest absolute Gasteiger partial charge is 0.182 e. The van der Waals surface area contributed by atoms with Gasteiger partial charge in [0.2, 0.25) is 0 Å². The molecule has 3 aromatic heterocycles. The lowest BCUT2D eigenvalue weighted by molar-refractivity contribution is 0.505. The van der Waals surface area contributed by atoms with Gasteiger partial charge in [-0.15, -0.1) is 0 Å². The van der Waals surface area contributed by atoms with Crippen LogP contribution in [0.1, 0.15) is 25.3 Å². The van der Waals surface area contributed by atoms with Crippen LogP contribution in [0.25, 0.3) is 28.1 Å². The number of nitrogens with zero attached hydrogens (tertiary/aromatic N) is 4. The number of aryl methyl sites for hydroxylation is 1. The van der Waals surface area contributed by atoms with Crippen molar-refractivity contribution in [3.05, 3.63) is 66.1 Å². The Morgan fingerprint density at radius 1 is 1.11 bits per heavy atom. The summed E-state index contributed by atoms with van der Waals surface area (Å²) in [6, 6.07) is 7.68. The monoisotopic (exact) mass is 379 g/mol. The summed E-state index contributed by atoms with van der Waals surface area (Å²) in [7, 11) is 0. The summed E-state index contributed by atoms with van der Waals surface area (Å²) in [5.74, 6) is -1.15. The van der Waals surface area contributed by atoms with Gasteiger partial charge in [0, 0.05) is 12.4 Å². The second-order valence-corrected chi connectivity index (χ2v) is 6.54. The van der Waals surface area contributed by atoms with Crippen molar-refractivity contribution in [2.24, 2.45) is 0 Å². The number of aromatic nitrogens is 4. The van der Waals surface area contributed by atoms with Gasteiger partial charge in [-0.2, -0.15) is 0 Å². The number of benzene rings is 1. The zero-order valence-electron chi connectivity index (χ0n) is 15.4. The number of imidazole rings is 1. The summed E-state index contributed by atoms with van der Waals surface area (Å²) < 4.78 is 30.3. The Balaban J connectivity index is 2.06. The third-order valence-electron chi connectivity index (χ3n) is 4.72. The van der Waals surface area contributed by atoms with E-state index in [2.05, 4.69) is 21.9 Å². The molecule has 2 N–H and O–H groups in total. The molecule has 4 aromatic rings. The van der Waals surface area contributed by atoms with Crippen LogP contribution in [0.15, 0.2) is 48.9 Å². The minimum atomic E-state index is -0.947. The van der Waals surface area contributed by atoms with Gasteiger partial charge in [-0.1, -0.05) is 19.4 Å². The predicted octanol–water partition coefficient (Wildman–Crippen LogP) is 4.69. The predicted molar refractivity (Wildman–Crippen MR) is 105 cm³/mol. The third-order valence-corrected chi connectivity index (χ3v) is 4.72. The van der Waals surface area contributed by atoms with Gasteiger partial charge in [-0.05, 0) is 42.7 Å². The highest BCUT2D eigenvalue weighted by molar-refractivity contribution is 5.85. The maximum atomic E-state index is 14.7. The highest BCUT2D eigenvalue weighted by Crippen LogP contribution is 2.34. The molecule has 0 fully saturated rings. The van der Waals surface area contributed by atoms with Crippen LogP contribution in [0.3, 0.4) is 0 Å². The lowest BCUT2D eigenvalue weighted by atomic mass is 10.0. The highest BCUT2D eigenvalue weighted by Gasteiger charge is 2.22. The molecule has 0 aliphatic carbocycles. The molecule has 1 aromatic carbocycles. The molecule has 0 unspecified atom stereocenters. The number of hydrogen-bond acceptors (Lipinski definition) is 4. The molecular formula is C21H19F2N5. The molecule has 142 valence electrons. The van der Waals surface area contributed by atoms with Crippen LogP contribution in [0.4, 0.5) is 14.6 Å². The van der Waals surface area contributed by atoms with Crippen molar-refractivity contribution in [3.8, 4) is 17.1 Å². The molecule has 3 heterocycles. The minimum absolute atomic E-state index is 0.0633. The SMILES string of the molecule is CCCCc1ccnc(N)c1-c1nc2cnccc2n1-c1cccc(F)c1F. The molecule has 5 nitrogen and oxygen atoms in total. The Kier molecular flexibility index (Phi) is 4.73. The van der Waals surface area contributed by atoms with Crippen LogP contribution in [-0.4, -0.2) is 19.5 Å². The Morgan fingerprint density at radius 2 is 1.96 bits per heavy atom. The largest absolute Gasteiger partial charge is 0.383 e. The molecule has 0 amide bonds. The fourth-order valence-electron chi connectivity index (χ4n) is 3.36. The van der Waals surface area contributed by atoms with Gasteiger partial charge in [0.25, 0.3) is 0 Å². The molecule has 0 radical (unpaired) electrons. The fraction of sp³-hybridized carbons (Fsp3) is 0.190. The van der Waals surface area contributed by atoms with E-state index in [1.165, 1.54) is 12.1 Å². The summed E-state index contributed by atoms with van der Waals surface area (Å²) in [6.45, 7) is 2.10. The molecular weight excluding hydrogens is 360 g/mol. The number of anilines is 1. The Hall–Kier alpha value is -3.35. The van der Waals surface area contributed by atoms with Crippen molar-refractivity contribution >= 4 is 16.9 Å². The number of nitrogen functional groups attached to an aromatic ring is 1. The maximum absolute atomic E-state index is 14.7. The number of pyridine rings is 2. The van der Waals surface area contributed by atoms with Crippen LogP contribution in [0, 0.1) is 11.6 Å². The Morgan fingerprint density at radius 3 is 2.79 bits per heavy atom. The van der Waals surface area contributed by atoms with Crippen molar-refractivity contribution in [1.82, 2.24) is 19.5 Å². The molecule has 4 rings (SSSR count). The molecule has 0 spiro atoms. The van der Waals surface area contributed by atoms with E-state index in [1.54, 1.807) is 29.2 Å². The minimum Gasteiger partial charge on any atom is -0.383 e. The average molecular weight is 379 g/mol. The van der Waals surface area contributed by atoms with E-state index in [9.17, 15) is 8.78 Å². The zero-order valence-corrected chi connectivity index (χ0v) is 15.4. The van der Waals surface area contributed by atoms with Gasteiger partial charge in [-0.25, -0.2) is 18.7 Å². The van der Waals surface area contributed by atoms with Gasteiger partial charge in [-0.3, -0.25) is 9.55 Å². The van der Waals surface area contributed by atoms with Crippen molar-refractivity contribution in [2.75, 3.05) is 5.73 Å². The third kappa shape index (κ3) is 2.98. The van der Waals surface area contributed by atoms with E-state index in [1.807, 2.05) is 6.07 Å². The molecule has 0 saturated carbocycles. The first-order valence-corrected chi connectivity index (χ1v) is 9.12. The maximum Gasteiger partial charge on any atom is 0.182 e. The Labute approximate surface area is 160 Å². The van der Waals surface area contributed by atoms with Crippen molar-refractivity contribution in [2.45, 2.75) is 26.2 Å². The summed E-state index contributed by atoms with van der Waals surface area (Å²) in [5.41, 5.74) is 9.05. The molecule has 7 heteroatoms. The normalized spacial score (nSPS) is 11.2. The summed E-state index contributed by atoms with van der Waals surface area (Å²) >= 11 is 0. The number of nitrogens with two attached hydrogens (primary N) is 1. The highest BCUT2D eigenvalue weighted by atomic mass is 19.2. The lowest BCUT2D eigenvalue weighted by Crippen LogP contribution is -2.06. The Bertz CT molecular complexity index is 1150. The summed E-state index contributed by atoms with van der Waals surface area (Å²) in [6.07, 6.45) is 7.59. The van der Waals surface area contributed by atoms with Crippen molar-refractivity contribution in [1.29, 1.82) is 0 Å². The van der Waals surface area contributed by atoms with Gasteiger partial charge in [0.1, 0.15) is 17.2 Å². The molecule has 28 heavy (non-hydrogen) atoms. The topological polar surface area (TPSA) is 69.6 Å². The van der Waals surface area contributed by atoms with E-state index in [-0.39, 0.29) is 5.69 Å². The molecule has 0 aliphatic rings. The second kappa shape index (κ2) is 7.34. The number of halogens is 2. The second-order valence-electron chi connectivity index (χ2n) is 6.54. The van der Waals surface area contributed by atoms with E-state index >= 15 is 0 Å². The molecule has 0 atom stereocenters. The zero-order chi connectivity index (χ0) is 19.7. The first kappa shape index (κ1) is 18.0. The van der Waals surface area contributed by atoms with Crippen molar-refractivity contribution < 1.29 is 8.78 Å². The molecule has 0 aliphatic heterocycles. The number of fused-ring (bicyclic) bond motifs is 1. The van der Waals surface area contributed by atoms with Gasteiger partial charge < -0.3 is 5.73 Å². The van der Waals surface area contributed by atoms with Gasteiger partial charge in [0.15, 0.2) is 11.6 Å². The fourth-order valence-corrected chi connectivity index (χ4v) is 3.36. The molecule has 0 bridgehead atoms. The van der Waals surface area contributed by atoms with Crippen molar-refractivity contribution in [3.63, 3.8) is 0 Å². The van der Waals surface area contributed by atoms with Crippen LogP contribution in [0.5, 0.6) is 0 Å². The van der Waals surface area contributed by atoms with Crippen LogP contribution >= 0.6 is 0 Å². The average Bonchev–Trinajstić information content (AvgIpc) is 3.07. The standard InChI is InChI=1S/C21H19F2N5/c1-2-3-5-13-8-11-26-20(24)18(13)21-27-15-12-25-10-9-16(15)28(21)17-7-4-6-14(22)19(17)23/h4,6-12H,2-3,5H2,1H3,(H2,24,26). The van der Waals surface area contributed by atoms with Gasteiger partial charge in [0.05, 0.1) is 23.0 Å². The first-order valence-electron chi connectivity index (χ1n) is 9.12. The van der Waals surface area contributed by atoms with E-state index in [4.69, 9.17) is 5.73 Å². The van der Waals surface area contributed by atoms with Gasteiger partial charge >= 0.3 is 0 Å². The van der Waals surface area contributed by atoms with E-state index in [0.29, 0.717) is 28.2 Å². The number of hydrogen-bond donors (Lipinski definition) is 1. The van der Waals surface area contributed by atoms with Crippen LogP contribution < -0.4 is 5.73 Å². The lowest BCUT2D eigenvalue weighted by Gasteiger charge is -2.15. The van der Waals surface area contributed by atoms with E-state index in [0.717, 1.165) is 30.9 Å². The quantitative estimate of drug-likeness (QED) is 0.546. The van der Waals surface area contributed by atoms with Crippen LogP contribution in [0.2, 0.25) is 0 Å².